The first-order valence-electron chi connectivity index (χ1n) is 8.79. The highest BCUT2D eigenvalue weighted by Crippen LogP contribution is 2.39. The fourth-order valence-electron chi connectivity index (χ4n) is 3.12. The van der Waals surface area contributed by atoms with Gasteiger partial charge in [-0.3, -0.25) is 9.78 Å². The molecular weight excluding hydrogens is 304 g/mol. The van der Waals surface area contributed by atoms with Crippen molar-refractivity contribution in [3.8, 4) is 0 Å². The summed E-state index contributed by atoms with van der Waals surface area (Å²) < 4.78 is 11.5. The van der Waals surface area contributed by atoms with Crippen LogP contribution in [0.1, 0.15) is 45.1 Å². The number of hydrogen-bond acceptors (Lipinski definition) is 4. The molecule has 1 aliphatic heterocycles. The molecule has 1 fully saturated rings. The number of nitrogens with zero attached hydrogens (tertiary/aromatic N) is 1. The highest BCUT2D eigenvalue weighted by molar-refractivity contribution is 5.91. The molecule has 132 valence electrons. The molecule has 24 heavy (non-hydrogen) atoms. The van der Waals surface area contributed by atoms with E-state index in [0.717, 1.165) is 31.2 Å². The van der Waals surface area contributed by atoms with Gasteiger partial charge >= 0.3 is 0 Å². The Kier molecular flexibility index (Phi) is 7.40. The van der Waals surface area contributed by atoms with E-state index in [1.165, 1.54) is 0 Å². The van der Waals surface area contributed by atoms with E-state index in [4.69, 9.17) is 9.47 Å². The molecular formula is C19H28N2O3. The van der Waals surface area contributed by atoms with Gasteiger partial charge in [0.15, 0.2) is 6.29 Å². The average Bonchev–Trinajstić information content (AvgIpc) is 3.17. The van der Waals surface area contributed by atoms with Crippen LogP contribution in [0, 0.1) is 5.41 Å². The largest absolute Gasteiger partial charge is 0.353 e. The number of hydrogen-bond donors (Lipinski definition) is 1. The lowest BCUT2D eigenvalue weighted by atomic mass is 9.77. The van der Waals surface area contributed by atoms with Crippen LogP contribution in [0.25, 0.3) is 6.08 Å². The SMILES string of the molecule is CCC(CC)(CCCNC(=O)/C=C\c1cccnc1)C1OCCO1. The lowest BCUT2D eigenvalue weighted by Gasteiger charge is -2.36. The minimum absolute atomic E-state index is 0.0484. The van der Waals surface area contributed by atoms with Crippen LogP contribution in [0.15, 0.2) is 30.6 Å². The van der Waals surface area contributed by atoms with Gasteiger partial charge in [0.1, 0.15) is 0 Å². The lowest BCUT2D eigenvalue weighted by molar-refractivity contribution is -0.140. The lowest BCUT2D eigenvalue weighted by Crippen LogP contribution is -2.36. The van der Waals surface area contributed by atoms with Crippen molar-refractivity contribution in [2.75, 3.05) is 19.8 Å². The van der Waals surface area contributed by atoms with Gasteiger partial charge in [-0.1, -0.05) is 19.9 Å². The fourth-order valence-corrected chi connectivity index (χ4v) is 3.12. The molecule has 1 aromatic rings. The van der Waals surface area contributed by atoms with E-state index in [1.54, 1.807) is 24.5 Å². The van der Waals surface area contributed by atoms with Crippen LogP contribution in [0.4, 0.5) is 0 Å². The number of aromatic nitrogens is 1. The first kappa shape index (κ1) is 18.6. The van der Waals surface area contributed by atoms with Crippen molar-refractivity contribution in [3.05, 3.63) is 36.2 Å². The zero-order valence-corrected chi connectivity index (χ0v) is 14.7. The Balaban J connectivity index is 1.74. The maximum Gasteiger partial charge on any atom is 0.243 e. The summed E-state index contributed by atoms with van der Waals surface area (Å²) in [6, 6.07) is 3.76. The summed E-state index contributed by atoms with van der Waals surface area (Å²) in [6.45, 7) is 6.39. The van der Waals surface area contributed by atoms with Crippen molar-refractivity contribution in [2.45, 2.75) is 45.8 Å². The molecule has 1 aromatic heterocycles. The molecule has 0 saturated carbocycles. The number of rotatable bonds is 9. The number of nitrogens with one attached hydrogen (secondary N) is 1. The second-order valence-electron chi connectivity index (χ2n) is 6.16. The van der Waals surface area contributed by atoms with Gasteiger partial charge in [-0.2, -0.15) is 0 Å². The van der Waals surface area contributed by atoms with Crippen LogP contribution in [0.2, 0.25) is 0 Å². The van der Waals surface area contributed by atoms with Crippen molar-refractivity contribution in [1.29, 1.82) is 0 Å². The number of amides is 1. The molecule has 5 nitrogen and oxygen atoms in total. The van der Waals surface area contributed by atoms with E-state index in [9.17, 15) is 4.79 Å². The van der Waals surface area contributed by atoms with Crippen molar-refractivity contribution in [3.63, 3.8) is 0 Å². The average molecular weight is 332 g/mol. The van der Waals surface area contributed by atoms with E-state index in [1.807, 2.05) is 12.1 Å². The van der Waals surface area contributed by atoms with Gasteiger partial charge in [0.25, 0.3) is 0 Å². The number of carbonyl (C=O) groups is 1. The van der Waals surface area contributed by atoms with E-state index in [2.05, 4.69) is 24.1 Å². The van der Waals surface area contributed by atoms with Crippen LogP contribution in [0.3, 0.4) is 0 Å². The van der Waals surface area contributed by atoms with E-state index < -0.39 is 0 Å². The summed E-state index contributed by atoms with van der Waals surface area (Å²) in [5.41, 5.74) is 0.964. The molecule has 1 saturated heterocycles. The third kappa shape index (κ3) is 5.14. The molecule has 5 heteroatoms. The van der Waals surface area contributed by atoms with Crippen molar-refractivity contribution >= 4 is 12.0 Å². The van der Waals surface area contributed by atoms with Crippen LogP contribution < -0.4 is 5.32 Å². The number of ether oxygens (including phenoxy) is 2. The van der Waals surface area contributed by atoms with E-state index in [0.29, 0.717) is 19.8 Å². The summed E-state index contributed by atoms with van der Waals surface area (Å²) in [5, 5.41) is 2.94. The van der Waals surface area contributed by atoms with Crippen molar-refractivity contribution < 1.29 is 14.3 Å². The third-order valence-electron chi connectivity index (χ3n) is 4.79. The maximum atomic E-state index is 11.9. The second kappa shape index (κ2) is 9.55. The first-order chi connectivity index (χ1) is 11.7. The smallest absolute Gasteiger partial charge is 0.243 e. The molecule has 0 radical (unpaired) electrons. The van der Waals surface area contributed by atoms with Gasteiger partial charge in [0, 0.05) is 30.4 Å². The molecule has 0 spiro atoms. The number of pyridine rings is 1. The number of carbonyl (C=O) groups excluding carboxylic acids is 1. The minimum atomic E-state index is -0.103. The summed E-state index contributed by atoms with van der Waals surface area (Å²) in [4.78, 5) is 15.9. The van der Waals surface area contributed by atoms with Crippen molar-refractivity contribution in [1.82, 2.24) is 10.3 Å². The molecule has 0 aromatic carbocycles. The molecule has 2 rings (SSSR count). The highest BCUT2D eigenvalue weighted by atomic mass is 16.7. The Morgan fingerprint density at radius 2 is 2.12 bits per heavy atom. The molecule has 0 aliphatic carbocycles. The van der Waals surface area contributed by atoms with Crippen molar-refractivity contribution in [2.24, 2.45) is 5.41 Å². The normalized spacial score (nSPS) is 15.9. The molecule has 0 atom stereocenters. The van der Waals surface area contributed by atoms with Gasteiger partial charge in [-0.05, 0) is 43.4 Å². The van der Waals surface area contributed by atoms with Crippen LogP contribution >= 0.6 is 0 Å². The zero-order chi connectivity index (χ0) is 17.3. The zero-order valence-electron chi connectivity index (χ0n) is 14.7. The Hall–Kier alpha value is -1.72. The Morgan fingerprint density at radius 3 is 2.75 bits per heavy atom. The molecule has 0 unspecified atom stereocenters. The Bertz CT molecular complexity index is 521. The third-order valence-corrected chi connectivity index (χ3v) is 4.79. The van der Waals surface area contributed by atoms with Crippen LogP contribution in [-0.4, -0.2) is 36.9 Å². The standard InChI is InChI=1S/C19H28N2O3/c1-3-19(4-2,18-23-13-14-24-18)10-6-12-21-17(22)9-8-16-7-5-11-20-15-16/h5,7-9,11,15,18H,3-4,6,10,12-14H2,1-2H3,(H,21,22)/b9-8-. The van der Waals surface area contributed by atoms with E-state index in [-0.39, 0.29) is 17.6 Å². The second-order valence-corrected chi connectivity index (χ2v) is 6.16. The van der Waals surface area contributed by atoms with Crippen LogP contribution in [0.5, 0.6) is 0 Å². The van der Waals surface area contributed by atoms with Gasteiger partial charge in [-0.25, -0.2) is 0 Å². The predicted octanol–water partition coefficient (Wildman–Crippen LogP) is 3.17. The monoisotopic (exact) mass is 332 g/mol. The molecule has 0 bridgehead atoms. The Morgan fingerprint density at radius 1 is 1.38 bits per heavy atom. The summed E-state index contributed by atoms with van der Waals surface area (Å²) in [5.74, 6) is -0.0779. The summed E-state index contributed by atoms with van der Waals surface area (Å²) in [6.07, 6.45) is 10.6. The summed E-state index contributed by atoms with van der Waals surface area (Å²) in [7, 11) is 0. The topological polar surface area (TPSA) is 60.5 Å². The highest BCUT2D eigenvalue weighted by Gasteiger charge is 2.39. The quantitative estimate of drug-likeness (QED) is 0.557. The molecule has 2 heterocycles. The summed E-state index contributed by atoms with van der Waals surface area (Å²) >= 11 is 0. The fraction of sp³-hybridized carbons (Fsp3) is 0.579. The van der Waals surface area contributed by atoms with Gasteiger partial charge in [-0.15, -0.1) is 0 Å². The van der Waals surface area contributed by atoms with Gasteiger partial charge < -0.3 is 14.8 Å². The minimum Gasteiger partial charge on any atom is -0.353 e. The Labute approximate surface area is 144 Å². The predicted molar refractivity (Wildman–Crippen MR) is 94.2 cm³/mol. The van der Waals surface area contributed by atoms with Crippen LogP contribution in [-0.2, 0) is 14.3 Å². The maximum absolute atomic E-state index is 11.9. The molecule has 1 aliphatic rings. The first-order valence-corrected chi connectivity index (χ1v) is 8.79. The molecule has 1 N–H and O–H groups in total. The molecule has 1 amide bonds. The van der Waals surface area contributed by atoms with E-state index >= 15 is 0 Å². The van der Waals surface area contributed by atoms with Gasteiger partial charge in [0.2, 0.25) is 5.91 Å². The van der Waals surface area contributed by atoms with Gasteiger partial charge in [0.05, 0.1) is 13.2 Å².